The van der Waals surface area contributed by atoms with Crippen molar-refractivity contribution in [2.75, 3.05) is 0 Å². The largest absolute Gasteiger partial charge is 0.481 e. The molecule has 1 N–H and O–H groups in total. The molecule has 0 saturated heterocycles. The summed E-state index contributed by atoms with van der Waals surface area (Å²) in [7, 11) is 0. The molecule has 0 heterocycles. The van der Waals surface area contributed by atoms with Gasteiger partial charge in [-0.3, -0.25) is 4.79 Å². The van der Waals surface area contributed by atoms with Gasteiger partial charge < -0.3 is 5.11 Å². The van der Waals surface area contributed by atoms with Gasteiger partial charge in [0.1, 0.15) is 5.03 Å². The van der Waals surface area contributed by atoms with Gasteiger partial charge in [-0.05, 0) is 17.0 Å². The van der Waals surface area contributed by atoms with Crippen molar-refractivity contribution in [3.8, 4) is 0 Å². The molecular weight excluding hydrogens is 299 g/mol. The first-order valence-electron chi connectivity index (χ1n) is 4.90. The van der Waals surface area contributed by atoms with Gasteiger partial charge in [-0.15, -0.1) is 0 Å². The number of allylic oxidation sites excluding steroid dienone is 2. The van der Waals surface area contributed by atoms with E-state index < -0.39 is 45.6 Å². The van der Waals surface area contributed by atoms with Crippen LogP contribution in [0, 0.1) is 17.3 Å². The Morgan fingerprint density at radius 1 is 1.33 bits per heavy atom. The lowest BCUT2D eigenvalue weighted by atomic mass is 10.0. The third kappa shape index (κ3) is 2.59. The number of hydrogen-bond acceptors (Lipinski definition) is 1. The summed E-state index contributed by atoms with van der Waals surface area (Å²) in [5, 5.41) is 3.23. The van der Waals surface area contributed by atoms with E-state index >= 15 is 0 Å². The maximum absolute atomic E-state index is 12.8. The SMILES string of the molecule is CC1(C)[C@@H](C(=O)O)[C@@H]1C(=C(Cl)C(F)(F)Cl)C(F)F. The van der Waals surface area contributed by atoms with Crippen molar-refractivity contribution in [3.05, 3.63) is 10.6 Å². The smallest absolute Gasteiger partial charge is 0.358 e. The standard InChI is InChI=1S/C10H10Cl2F4O2/c1-9(2)4(5(9)8(17)18)3(7(13)14)6(11)10(12,15)16/h4-5,7H,1-2H3,(H,17,18)/t4-,5+/m0/s1. The van der Waals surface area contributed by atoms with Crippen LogP contribution in [0.3, 0.4) is 0 Å². The summed E-state index contributed by atoms with van der Waals surface area (Å²) in [5.41, 5.74) is -2.14. The van der Waals surface area contributed by atoms with Crippen LogP contribution >= 0.6 is 23.2 Å². The second kappa shape index (κ2) is 4.56. The molecule has 0 amide bonds. The number of aliphatic carboxylic acids is 1. The second-order valence-corrected chi connectivity index (χ2v) is 5.54. The molecule has 2 nitrogen and oxygen atoms in total. The minimum atomic E-state index is -4.13. The summed E-state index contributed by atoms with van der Waals surface area (Å²) in [4.78, 5) is 10.9. The molecule has 1 aliphatic rings. The summed E-state index contributed by atoms with van der Waals surface area (Å²) in [6, 6.07) is 0. The molecule has 18 heavy (non-hydrogen) atoms. The van der Waals surface area contributed by atoms with Crippen LogP contribution in [0.2, 0.25) is 0 Å². The summed E-state index contributed by atoms with van der Waals surface area (Å²) in [5.74, 6) is -3.74. The lowest BCUT2D eigenvalue weighted by molar-refractivity contribution is -0.139. The van der Waals surface area contributed by atoms with Gasteiger partial charge in [0.05, 0.1) is 5.92 Å². The Bertz CT molecular complexity index is 401. The molecule has 0 spiro atoms. The second-order valence-electron chi connectivity index (χ2n) is 4.68. The zero-order valence-corrected chi connectivity index (χ0v) is 10.9. The first-order chi connectivity index (χ1) is 7.92. The summed E-state index contributed by atoms with van der Waals surface area (Å²) in [6.07, 6.45) is -3.28. The van der Waals surface area contributed by atoms with Crippen LogP contribution in [0.15, 0.2) is 10.6 Å². The van der Waals surface area contributed by atoms with E-state index in [1.807, 2.05) is 0 Å². The highest BCUT2D eigenvalue weighted by Crippen LogP contribution is 2.64. The van der Waals surface area contributed by atoms with Crippen LogP contribution in [-0.4, -0.2) is 22.9 Å². The summed E-state index contributed by atoms with van der Waals surface area (Å²) < 4.78 is 51.2. The fourth-order valence-corrected chi connectivity index (χ4v) is 2.52. The highest BCUT2D eigenvalue weighted by Gasteiger charge is 2.66. The summed E-state index contributed by atoms with van der Waals surface area (Å²) in [6.45, 7) is 2.80. The molecule has 1 aliphatic carbocycles. The van der Waals surface area contributed by atoms with Gasteiger partial charge in [0.15, 0.2) is 0 Å². The number of carboxylic acids is 1. The molecular formula is C10H10Cl2F4O2. The van der Waals surface area contributed by atoms with E-state index in [1.54, 1.807) is 0 Å². The predicted octanol–water partition coefficient (Wildman–Crippen LogP) is 3.93. The molecule has 0 aliphatic heterocycles. The Hall–Kier alpha value is -0.490. The molecule has 0 radical (unpaired) electrons. The van der Waals surface area contributed by atoms with Crippen molar-refractivity contribution in [3.63, 3.8) is 0 Å². The highest BCUT2D eigenvalue weighted by molar-refractivity contribution is 6.38. The molecule has 0 bridgehead atoms. The van der Waals surface area contributed by atoms with Gasteiger partial charge in [-0.2, -0.15) is 8.78 Å². The van der Waals surface area contributed by atoms with E-state index in [1.165, 1.54) is 13.8 Å². The van der Waals surface area contributed by atoms with E-state index in [2.05, 4.69) is 11.6 Å². The molecule has 104 valence electrons. The number of halogens is 6. The van der Waals surface area contributed by atoms with Crippen molar-refractivity contribution in [2.45, 2.75) is 25.7 Å². The van der Waals surface area contributed by atoms with Crippen LogP contribution < -0.4 is 0 Å². The van der Waals surface area contributed by atoms with Gasteiger partial charge in [0, 0.05) is 11.5 Å². The normalized spacial score (nSPS) is 28.1. The van der Waals surface area contributed by atoms with Crippen LogP contribution in [0.5, 0.6) is 0 Å². The maximum Gasteiger partial charge on any atom is 0.358 e. The average Bonchev–Trinajstić information content (AvgIpc) is 2.67. The van der Waals surface area contributed by atoms with E-state index in [-0.39, 0.29) is 0 Å². The van der Waals surface area contributed by atoms with E-state index in [9.17, 15) is 22.4 Å². The zero-order valence-electron chi connectivity index (χ0n) is 9.36. The zero-order chi connectivity index (χ0) is 14.5. The quantitative estimate of drug-likeness (QED) is 0.631. The fourth-order valence-electron chi connectivity index (χ4n) is 2.21. The van der Waals surface area contributed by atoms with Crippen molar-refractivity contribution in [1.29, 1.82) is 0 Å². The number of carbonyl (C=O) groups is 1. The molecule has 2 atom stereocenters. The predicted molar refractivity (Wildman–Crippen MR) is 58.1 cm³/mol. The van der Waals surface area contributed by atoms with Crippen molar-refractivity contribution < 1.29 is 27.5 Å². The Balaban J connectivity index is 3.23. The monoisotopic (exact) mass is 308 g/mol. The Labute approximate surface area is 111 Å². The number of rotatable bonds is 4. The first-order valence-corrected chi connectivity index (χ1v) is 5.65. The Kier molecular flexibility index (Phi) is 3.94. The number of alkyl halides is 5. The lowest BCUT2D eigenvalue weighted by Gasteiger charge is -2.14. The first kappa shape index (κ1) is 15.6. The fraction of sp³-hybridized carbons (Fsp3) is 0.700. The summed E-state index contributed by atoms with van der Waals surface area (Å²) >= 11 is 9.79. The minimum absolute atomic E-state index is 1.06. The minimum Gasteiger partial charge on any atom is -0.481 e. The molecule has 0 aromatic carbocycles. The lowest BCUT2D eigenvalue weighted by Crippen LogP contribution is -2.15. The molecule has 1 fully saturated rings. The number of hydrogen-bond donors (Lipinski definition) is 1. The molecule has 8 heteroatoms. The molecule has 0 unspecified atom stereocenters. The molecule has 0 aromatic heterocycles. The highest BCUT2D eigenvalue weighted by atomic mass is 35.5. The molecule has 0 aromatic rings. The molecule has 1 rings (SSSR count). The van der Waals surface area contributed by atoms with Crippen LogP contribution in [-0.2, 0) is 4.79 Å². The van der Waals surface area contributed by atoms with Crippen molar-refractivity contribution in [2.24, 2.45) is 17.3 Å². The van der Waals surface area contributed by atoms with Gasteiger partial charge in [-0.25, -0.2) is 8.78 Å². The average molecular weight is 309 g/mol. The van der Waals surface area contributed by atoms with E-state index in [0.717, 1.165) is 0 Å². The van der Waals surface area contributed by atoms with Gasteiger partial charge in [0.2, 0.25) is 0 Å². The van der Waals surface area contributed by atoms with Gasteiger partial charge in [-0.1, -0.05) is 25.4 Å². The van der Waals surface area contributed by atoms with Gasteiger partial charge >= 0.3 is 11.4 Å². The number of carboxylic acid groups (broad SMARTS) is 1. The van der Waals surface area contributed by atoms with E-state index in [0.29, 0.717) is 0 Å². The topological polar surface area (TPSA) is 37.3 Å². The maximum atomic E-state index is 12.8. The van der Waals surface area contributed by atoms with Gasteiger partial charge in [0.25, 0.3) is 6.43 Å². The van der Waals surface area contributed by atoms with Crippen LogP contribution in [0.4, 0.5) is 17.6 Å². The van der Waals surface area contributed by atoms with Crippen LogP contribution in [0.1, 0.15) is 13.8 Å². The third-order valence-corrected chi connectivity index (χ3v) is 3.91. The van der Waals surface area contributed by atoms with Crippen LogP contribution in [0.25, 0.3) is 0 Å². The Morgan fingerprint density at radius 3 is 2.00 bits per heavy atom. The van der Waals surface area contributed by atoms with E-state index in [4.69, 9.17) is 16.7 Å². The third-order valence-electron chi connectivity index (χ3n) is 3.17. The molecule has 1 saturated carbocycles. The van der Waals surface area contributed by atoms with Crippen molar-refractivity contribution in [1.82, 2.24) is 0 Å². The van der Waals surface area contributed by atoms with Crippen molar-refractivity contribution >= 4 is 29.2 Å². The Morgan fingerprint density at radius 2 is 1.78 bits per heavy atom.